The Kier molecular flexibility index (Phi) is 6.83. The third kappa shape index (κ3) is 4.65. The van der Waals surface area contributed by atoms with Gasteiger partial charge < -0.3 is 10.2 Å². The fraction of sp³-hybridized carbons (Fsp3) is 0.368. The Labute approximate surface area is 160 Å². The van der Waals surface area contributed by atoms with Crippen molar-refractivity contribution in [3.63, 3.8) is 0 Å². The predicted molar refractivity (Wildman–Crippen MR) is 110 cm³/mol. The summed E-state index contributed by atoms with van der Waals surface area (Å²) in [5, 5.41) is 24.1. The Morgan fingerprint density at radius 2 is 1.50 bits per heavy atom. The number of carbonyl (C=O) groups excluding carboxylic acids is 2. The molecule has 0 radical (unpaired) electrons. The second-order valence-electron chi connectivity index (χ2n) is 6.49. The molecular weight excluding hydrogens is 370 g/mol. The summed E-state index contributed by atoms with van der Waals surface area (Å²) in [7, 11) is -0.263. The van der Waals surface area contributed by atoms with Crippen LogP contribution < -0.4 is 0 Å². The highest BCUT2D eigenvalue weighted by Gasteiger charge is 2.41. The van der Waals surface area contributed by atoms with Gasteiger partial charge >= 0.3 is 0 Å². The lowest BCUT2D eigenvalue weighted by Gasteiger charge is -2.25. The van der Waals surface area contributed by atoms with Gasteiger partial charge in [0, 0.05) is 28.2 Å². The molecule has 1 heterocycles. The van der Waals surface area contributed by atoms with Crippen LogP contribution in [-0.2, 0) is 21.8 Å². The van der Waals surface area contributed by atoms with Crippen molar-refractivity contribution in [2.24, 2.45) is 0 Å². The zero-order valence-electron chi connectivity index (χ0n) is 15.4. The van der Waals surface area contributed by atoms with E-state index in [2.05, 4.69) is 0 Å². The Morgan fingerprint density at radius 3 is 1.96 bits per heavy atom. The van der Waals surface area contributed by atoms with Crippen LogP contribution in [0.2, 0.25) is 0 Å². The summed E-state index contributed by atoms with van der Waals surface area (Å²) in [6.45, 7) is 0. The molecule has 26 heavy (non-hydrogen) atoms. The molecule has 1 atom stereocenters. The van der Waals surface area contributed by atoms with Crippen LogP contribution in [0.1, 0.15) is 33.6 Å². The van der Waals surface area contributed by atoms with Crippen LogP contribution in [0.25, 0.3) is 0 Å². The monoisotopic (exact) mass is 395 g/mol. The third-order valence-corrected chi connectivity index (χ3v) is 5.34. The Balaban J connectivity index is 2.33. The number of carbonyl (C=O) groups is 2. The van der Waals surface area contributed by atoms with E-state index in [1.807, 2.05) is 25.0 Å². The van der Waals surface area contributed by atoms with E-state index in [9.17, 15) is 19.8 Å². The van der Waals surface area contributed by atoms with E-state index in [0.717, 1.165) is 4.90 Å². The first-order valence-corrected chi connectivity index (χ1v) is 12.3. The molecule has 2 N–H and O–H groups in total. The number of aliphatic hydroxyl groups is 2. The van der Waals surface area contributed by atoms with Gasteiger partial charge in [0.05, 0.1) is 11.1 Å². The molecule has 7 heteroatoms. The molecule has 0 bridgehead atoms. The van der Waals surface area contributed by atoms with Crippen molar-refractivity contribution in [2.45, 2.75) is 18.9 Å². The number of aliphatic hydroxyl groups excluding tert-OH is 2. The summed E-state index contributed by atoms with van der Waals surface area (Å²) in [4.78, 5) is 26.6. The molecule has 0 fully saturated rings. The molecule has 1 aromatic carbocycles. The number of imide groups is 1. The number of amides is 2. The zero-order chi connectivity index (χ0) is 19.4. The molecule has 0 aromatic heterocycles. The molecule has 2 amide bonds. The summed E-state index contributed by atoms with van der Waals surface area (Å²) >= 11 is 0. The maximum Gasteiger partial charge on any atom is 0.262 e. The van der Waals surface area contributed by atoms with Gasteiger partial charge in [-0.2, -0.15) is 0 Å². The standard InChI is InChI=1S/C19H23NO4S2/c1-25(2)11-13(21)9-10-16(17(22)12-26(3)4)20-18(23)14-7-5-6-8-15(14)19(20)24/h5-8,11-12,16H,9-10H2,1-4H3/p+2/b13-11-,17-12-. The van der Waals surface area contributed by atoms with Gasteiger partial charge in [-0.25, -0.2) is 0 Å². The third-order valence-electron chi connectivity index (χ3n) is 3.88. The van der Waals surface area contributed by atoms with Crippen molar-refractivity contribution in [1.82, 2.24) is 4.90 Å². The quantitative estimate of drug-likeness (QED) is 0.423. The van der Waals surface area contributed by atoms with E-state index in [0.29, 0.717) is 11.1 Å². The molecule has 140 valence electrons. The van der Waals surface area contributed by atoms with Gasteiger partial charge in [0.15, 0.2) is 16.6 Å². The van der Waals surface area contributed by atoms with E-state index in [1.54, 1.807) is 35.1 Å². The van der Waals surface area contributed by atoms with Crippen LogP contribution >= 0.6 is 0 Å². The summed E-state index contributed by atoms with van der Waals surface area (Å²) in [6, 6.07) is 5.88. The second kappa shape index (κ2) is 8.68. The summed E-state index contributed by atoms with van der Waals surface area (Å²) in [5.41, 5.74) is 0.705. The number of hydrogen-bond acceptors (Lipinski definition) is 4. The molecule has 1 unspecified atom stereocenters. The van der Waals surface area contributed by atoms with Crippen molar-refractivity contribution in [1.29, 1.82) is 0 Å². The largest absolute Gasteiger partial charge is 0.508 e. The summed E-state index contributed by atoms with van der Waals surface area (Å²) in [5.74, 6) is -0.610. The fourth-order valence-electron chi connectivity index (χ4n) is 2.84. The SMILES string of the molecule is C[S+](C)/C=C(\O)CCC(/C(O)=C/[S+](C)C)N1C(=O)c2ccccc2C1=O. The summed E-state index contributed by atoms with van der Waals surface area (Å²) < 4.78 is 0. The molecular formula is C19H25NO4S2+2. The highest BCUT2D eigenvalue weighted by atomic mass is 32.2. The smallest absolute Gasteiger partial charge is 0.262 e. The lowest BCUT2D eigenvalue weighted by atomic mass is 10.1. The van der Waals surface area contributed by atoms with Crippen molar-refractivity contribution in [3.05, 3.63) is 57.7 Å². The maximum atomic E-state index is 12.8. The van der Waals surface area contributed by atoms with Crippen LogP contribution in [0.15, 0.2) is 46.6 Å². The van der Waals surface area contributed by atoms with Crippen LogP contribution in [0.4, 0.5) is 0 Å². The van der Waals surface area contributed by atoms with Gasteiger partial charge in [-0.3, -0.25) is 14.5 Å². The van der Waals surface area contributed by atoms with Crippen molar-refractivity contribution < 1.29 is 19.8 Å². The van der Waals surface area contributed by atoms with Crippen molar-refractivity contribution in [3.8, 4) is 0 Å². The second-order valence-corrected chi connectivity index (χ2v) is 10.5. The van der Waals surface area contributed by atoms with Crippen LogP contribution in [0.3, 0.4) is 0 Å². The zero-order valence-corrected chi connectivity index (χ0v) is 17.1. The topological polar surface area (TPSA) is 77.8 Å². The number of hydrogen-bond donors (Lipinski definition) is 2. The van der Waals surface area contributed by atoms with E-state index < -0.39 is 17.9 Å². The van der Waals surface area contributed by atoms with E-state index in [4.69, 9.17) is 0 Å². The fourth-order valence-corrected chi connectivity index (χ4v) is 4.14. The average molecular weight is 396 g/mol. The molecule has 1 aliphatic heterocycles. The van der Waals surface area contributed by atoms with Crippen LogP contribution in [0, 0.1) is 0 Å². The van der Waals surface area contributed by atoms with Gasteiger partial charge in [0.25, 0.3) is 11.8 Å². The first-order valence-electron chi connectivity index (χ1n) is 8.12. The molecule has 0 saturated heterocycles. The van der Waals surface area contributed by atoms with Crippen molar-refractivity contribution in [2.75, 3.05) is 25.0 Å². The maximum absolute atomic E-state index is 12.8. The number of fused-ring (bicyclic) bond motifs is 1. The highest BCUT2D eigenvalue weighted by Crippen LogP contribution is 2.29. The molecule has 1 aromatic rings. The molecule has 0 saturated carbocycles. The van der Waals surface area contributed by atoms with E-state index >= 15 is 0 Å². The first kappa shape index (κ1) is 20.5. The number of rotatable bonds is 7. The van der Waals surface area contributed by atoms with Crippen LogP contribution in [-0.4, -0.2) is 58.0 Å². The minimum absolute atomic E-state index is 0.00682. The molecule has 0 spiro atoms. The minimum Gasteiger partial charge on any atom is -0.508 e. The van der Waals surface area contributed by atoms with Gasteiger partial charge in [-0.05, 0) is 18.6 Å². The average Bonchev–Trinajstić information content (AvgIpc) is 2.79. The van der Waals surface area contributed by atoms with Gasteiger partial charge in [0.2, 0.25) is 0 Å². The summed E-state index contributed by atoms with van der Waals surface area (Å²) in [6.07, 6.45) is 8.39. The molecule has 0 aliphatic carbocycles. The Bertz CT molecular complexity index is 721. The Hall–Kier alpha value is -1.86. The van der Waals surface area contributed by atoms with E-state index in [1.165, 1.54) is 0 Å². The normalized spacial score (nSPS) is 16.6. The van der Waals surface area contributed by atoms with E-state index in [-0.39, 0.29) is 46.1 Å². The van der Waals surface area contributed by atoms with Gasteiger partial charge in [-0.1, -0.05) is 12.1 Å². The van der Waals surface area contributed by atoms with Crippen LogP contribution in [0.5, 0.6) is 0 Å². The number of benzene rings is 1. The highest BCUT2D eigenvalue weighted by molar-refractivity contribution is 7.98. The predicted octanol–water partition coefficient (Wildman–Crippen LogP) is 2.99. The minimum atomic E-state index is -0.789. The van der Waals surface area contributed by atoms with Crippen molar-refractivity contribution >= 4 is 33.6 Å². The molecule has 1 aliphatic rings. The lowest BCUT2D eigenvalue weighted by Crippen LogP contribution is -2.41. The van der Waals surface area contributed by atoms with Gasteiger partial charge in [0.1, 0.15) is 36.8 Å². The number of nitrogens with zero attached hydrogens (tertiary/aromatic N) is 1. The van der Waals surface area contributed by atoms with Gasteiger partial charge in [-0.15, -0.1) is 0 Å². The molecule has 2 rings (SSSR count). The lowest BCUT2D eigenvalue weighted by molar-refractivity contribution is 0.0565. The number of allylic oxidation sites excluding steroid dienone is 1. The Morgan fingerprint density at radius 1 is 1.00 bits per heavy atom. The first-order chi connectivity index (χ1) is 12.2. The molecule has 5 nitrogen and oxygen atoms in total.